The van der Waals surface area contributed by atoms with Crippen LogP contribution in [0.4, 0.5) is 4.39 Å². The molecule has 1 N–H and O–H groups in total. The Hall–Kier alpha value is -1.37. The summed E-state index contributed by atoms with van der Waals surface area (Å²) in [6.45, 7) is 3.76. The van der Waals surface area contributed by atoms with E-state index in [-0.39, 0.29) is 30.0 Å². The van der Waals surface area contributed by atoms with E-state index in [0.29, 0.717) is 17.5 Å². The minimum absolute atomic E-state index is 0. The van der Waals surface area contributed by atoms with Gasteiger partial charge in [-0.05, 0) is 62.1 Å². The number of likely N-dealkylation sites (tertiary alicyclic amines) is 1. The first kappa shape index (κ1) is 19.0. The Morgan fingerprint density at radius 1 is 1.00 bits per heavy atom. The number of nitrogens with one attached hydrogen (secondary N) is 1. The number of aromatic amines is 1. The summed E-state index contributed by atoms with van der Waals surface area (Å²) in [5, 5.41) is 0. The molecule has 2 saturated heterocycles. The molecule has 2 aromatic rings. The maximum Gasteiger partial charge on any atom is 0.326 e. The van der Waals surface area contributed by atoms with Crippen LogP contribution in [-0.2, 0) is 4.74 Å². The van der Waals surface area contributed by atoms with E-state index in [0.717, 1.165) is 75.9 Å². The molecule has 1 aromatic carbocycles. The number of piperidine rings is 1. The lowest BCUT2D eigenvalue weighted by atomic mass is 9.99. The van der Waals surface area contributed by atoms with Gasteiger partial charge in [-0.3, -0.25) is 4.57 Å². The minimum atomic E-state index is -0.178. The van der Waals surface area contributed by atoms with Crippen molar-refractivity contribution >= 4 is 23.4 Å². The van der Waals surface area contributed by atoms with E-state index in [1.807, 2.05) is 10.6 Å². The SMILES string of the molecule is Cl.O=c1[nH]c2cc(F)c(C3CC3)cc2n1C1CCN(C2CCOCC2)CC1. The molecule has 7 heteroatoms. The molecule has 0 bridgehead atoms. The van der Waals surface area contributed by atoms with Gasteiger partial charge in [0.1, 0.15) is 5.82 Å². The van der Waals surface area contributed by atoms with Gasteiger partial charge < -0.3 is 14.6 Å². The third-order valence-electron chi connectivity index (χ3n) is 6.42. The third kappa shape index (κ3) is 3.55. The number of ether oxygens (including phenoxy) is 1. The van der Waals surface area contributed by atoms with Crippen molar-refractivity contribution in [2.75, 3.05) is 26.3 Å². The van der Waals surface area contributed by atoms with Gasteiger partial charge in [0.2, 0.25) is 0 Å². The predicted octanol–water partition coefficient (Wildman–Crippen LogP) is 3.58. The lowest BCUT2D eigenvalue weighted by molar-refractivity contribution is 0.0220. The first-order valence-electron chi connectivity index (χ1n) is 9.96. The zero-order valence-electron chi connectivity index (χ0n) is 15.5. The maximum absolute atomic E-state index is 14.3. The molecule has 148 valence electrons. The third-order valence-corrected chi connectivity index (χ3v) is 6.42. The molecule has 1 saturated carbocycles. The first-order chi connectivity index (χ1) is 12.7. The highest BCUT2D eigenvalue weighted by Crippen LogP contribution is 2.42. The number of imidazole rings is 1. The predicted molar refractivity (Wildman–Crippen MR) is 105 cm³/mol. The van der Waals surface area contributed by atoms with Crippen molar-refractivity contribution in [2.24, 2.45) is 0 Å². The van der Waals surface area contributed by atoms with E-state index < -0.39 is 0 Å². The summed E-state index contributed by atoms with van der Waals surface area (Å²) < 4.78 is 21.7. The monoisotopic (exact) mass is 395 g/mol. The van der Waals surface area contributed by atoms with Gasteiger partial charge in [-0.2, -0.15) is 0 Å². The maximum atomic E-state index is 14.3. The fourth-order valence-corrected chi connectivity index (χ4v) is 4.79. The topological polar surface area (TPSA) is 50.3 Å². The van der Waals surface area contributed by atoms with E-state index >= 15 is 0 Å². The second-order valence-electron chi connectivity index (χ2n) is 8.08. The summed E-state index contributed by atoms with van der Waals surface area (Å²) in [5.74, 6) is 0.163. The van der Waals surface area contributed by atoms with Gasteiger partial charge in [-0.25, -0.2) is 9.18 Å². The lowest BCUT2D eigenvalue weighted by Crippen LogP contribution is -2.45. The van der Waals surface area contributed by atoms with Gasteiger partial charge in [-0.15, -0.1) is 12.4 Å². The summed E-state index contributed by atoms with van der Waals surface area (Å²) >= 11 is 0. The van der Waals surface area contributed by atoms with Crippen LogP contribution in [0.5, 0.6) is 0 Å². The standard InChI is InChI=1S/C20H26FN3O2.ClH/c21-17-12-18-19(11-16(17)13-1-2-13)24(20(25)22-18)15-3-7-23(8-4-15)14-5-9-26-10-6-14;/h11-15H,1-10H2,(H,22,25);1H. The highest BCUT2D eigenvalue weighted by Gasteiger charge is 2.30. The van der Waals surface area contributed by atoms with Crippen LogP contribution in [0.2, 0.25) is 0 Å². The molecule has 0 unspecified atom stereocenters. The molecule has 0 spiro atoms. The number of hydrogen-bond acceptors (Lipinski definition) is 3. The van der Waals surface area contributed by atoms with Crippen LogP contribution in [0.25, 0.3) is 11.0 Å². The Labute approximate surface area is 164 Å². The largest absolute Gasteiger partial charge is 0.381 e. The van der Waals surface area contributed by atoms with E-state index in [1.165, 1.54) is 6.07 Å². The lowest BCUT2D eigenvalue weighted by Gasteiger charge is -2.39. The second-order valence-corrected chi connectivity index (χ2v) is 8.08. The molecular formula is C20H27ClFN3O2. The number of aromatic nitrogens is 2. The molecule has 1 aliphatic carbocycles. The van der Waals surface area contributed by atoms with Crippen molar-refractivity contribution in [1.29, 1.82) is 0 Å². The second kappa shape index (κ2) is 7.57. The molecule has 2 aliphatic heterocycles. The number of H-pyrrole nitrogens is 1. The van der Waals surface area contributed by atoms with Gasteiger partial charge in [0, 0.05) is 38.4 Å². The summed E-state index contributed by atoms with van der Waals surface area (Å²) in [5.41, 5.74) is 2.19. The van der Waals surface area contributed by atoms with E-state index in [2.05, 4.69) is 9.88 Å². The van der Waals surface area contributed by atoms with Crippen molar-refractivity contribution in [3.8, 4) is 0 Å². The Morgan fingerprint density at radius 2 is 1.70 bits per heavy atom. The van der Waals surface area contributed by atoms with Crippen molar-refractivity contribution in [3.63, 3.8) is 0 Å². The average molecular weight is 396 g/mol. The summed E-state index contributed by atoms with van der Waals surface area (Å²) in [6.07, 6.45) is 6.28. The molecule has 3 fully saturated rings. The molecule has 27 heavy (non-hydrogen) atoms. The van der Waals surface area contributed by atoms with E-state index in [4.69, 9.17) is 4.74 Å². The zero-order chi connectivity index (χ0) is 17.7. The van der Waals surface area contributed by atoms with Crippen LogP contribution >= 0.6 is 12.4 Å². The van der Waals surface area contributed by atoms with Crippen LogP contribution < -0.4 is 5.69 Å². The van der Waals surface area contributed by atoms with Gasteiger partial charge in [-0.1, -0.05) is 0 Å². The normalized spacial score (nSPS) is 22.9. The molecular weight excluding hydrogens is 369 g/mol. The number of hydrogen-bond donors (Lipinski definition) is 1. The summed E-state index contributed by atoms with van der Waals surface area (Å²) in [7, 11) is 0. The molecule has 3 aliphatic rings. The number of rotatable bonds is 3. The number of halogens is 2. The molecule has 0 radical (unpaired) electrons. The smallest absolute Gasteiger partial charge is 0.326 e. The van der Waals surface area contributed by atoms with Crippen LogP contribution in [-0.4, -0.2) is 46.8 Å². The van der Waals surface area contributed by atoms with Gasteiger partial charge in [0.25, 0.3) is 0 Å². The fourth-order valence-electron chi connectivity index (χ4n) is 4.79. The summed E-state index contributed by atoms with van der Waals surface area (Å²) in [4.78, 5) is 18.0. The molecule has 0 amide bonds. The molecule has 5 rings (SSSR count). The Morgan fingerprint density at radius 3 is 2.37 bits per heavy atom. The highest BCUT2D eigenvalue weighted by atomic mass is 35.5. The number of nitrogens with zero attached hydrogens (tertiary/aromatic N) is 2. The highest BCUT2D eigenvalue weighted by molar-refractivity contribution is 5.85. The first-order valence-corrected chi connectivity index (χ1v) is 9.96. The summed E-state index contributed by atoms with van der Waals surface area (Å²) in [6, 6.07) is 4.26. The van der Waals surface area contributed by atoms with Gasteiger partial charge in [0.05, 0.1) is 11.0 Å². The van der Waals surface area contributed by atoms with Crippen molar-refractivity contribution in [1.82, 2.24) is 14.5 Å². The molecule has 0 atom stereocenters. The van der Waals surface area contributed by atoms with Crippen LogP contribution in [0, 0.1) is 5.82 Å². The van der Waals surface area contributed by atoms with Crippen LogP contribution in [0.1, 0.15) is 56.0 Å². The molecule has 5 nitrogen and oxygen atoms in total. The van der Waals surface area contributed by atoms with E-state index in [1.54, 1.807) is 0 Å². The van der Waals surface area contributed by atoms with E-state index in [9.17, 15) is 9.18 Å². The van der Waals surface area contributed by atoms with Crippen molar-refractivity contribution in [3.05, 3.63) is 34.0 Å². The van der Waals surface area contributed by atoms with Gasteiger partial charge >= 0.3 is 5.69 Å². The zero-order valence-corrected chi connectivity index (χ0v) is 16.3. The fraction of sp³-hybridized carbons (Fsp3) is 0.650. The van der Waals surface area contributed by atoms with Crippen molar-refractivity contribution < 1.29 is 9.13 Å². The van der Waals surface area contributed by atoms with Gasteiger partial charge in [0.15, 0.2) is 0 Å². The number of benzene rings is 1. The van der Waals surface area contributed by atoms with Crippen LogP contribution in [0.3, 0.4) is 0 Å². The quantitative estimate of drug-likeness (QED) is 0.864. The Balaban J connectivity index is 0.00000180. The Kier molecular flexibility index (Phi) is 5.32. The Bertz CT molecular complexity index is 862. The van der Waals surface area contributed by atoms with Crippen LogP contribution in [0.15, 0.2) is 16.9 Å². The minimum Gasteiger partial charge on any atom is -0.381 e. The van der Waals surface area contributed by atoms with Crippen molar-refractivity contribution in [2.45, 2.75) is 56.5 Å². The average Bonchev–Trinajstić information content (AvgIpc) is 3.45. The number of fused-ring (bicyclic) bond motifs is 1. The molecule has 1 aromatic heterocycles. The molecule has 3 heterocycles.